The Balaban J connectivity index is 1.60. The molecule has 1 aromatic rings. The van der Waals surface area contributed by atoms with E-state index in [1.807, 2.05) is 15.6 Å². The van der Waals surface area contributed by atoms with Crippen molar-refractivity contribution in [3.8, 4) is 0 Å². The van der Waals surface area contributed by atoms with Crippen molar-refractivity contribution in [1.29, 1.82) is 0 Å². The third-order valence-electron chi connectivity index (χ3n) is 4.32. The van der Waals surface area contributed by atoms with Crippen LogP contribution in [0.5, 0.6) is 0 Å². The Bertz CT molecular complexity index is 632. The molecule has 21 heavy (non-hydrogen) atoms. The first kappa shape index (κ1) is 14.5. The number of sulfonamides is 1. The molecule has 1 fully saturated rings. The summed E-state index contributed by atoms with van der Waals surface area (Å²) in [5.41, 5.74) is 1.06. The molecule has 0 bridgehead atoms. The maximum atomic E-state index is 12.6. The fourth-order valence-corrected chi connectivity index (χ4v) is 3.94. The van der Waals surface area contributed by atoms with E-state index in [0.29, 0.717) is 39.0 Å². The van der Waals surface area contributed by atoms with Gasteiger partial charge in [0.25, 0.3) is 0 Å². The second-order valence-electron chi connectivity index (χ2n) is 5.74. The number of hydrogen-bond acceptors (Lipinski definition) is 4. The number of fused-ring (bicyclic) bond motifs is 1. The molecule has 8 heteroatoms. The van der Waals surface area contributed by atoms with Crippen molar-refractivity contribution in [1.82, 2.24) is 19.0 Å². The third-order valence-corrected chi connectivity index (χ3v) is 5.63. The molecule has 0 unspecified atom stereocenters. The van der Waals surface area contributed by atoms with E-state index >= 15 is 0 Å². The van der Waals surface area contributed by atoms with Crippen LogP contribution in [0.25, 0.3) is 0 Å². The van der Waals surface area contributed by atoms with Crippen LogP contribution in [0.2, 0.25) is 0 Å². The maximum Gasteiger partial charge on any atom is 0.226 e. The van der Waals surface area contributed by atoms with Crippen molar-refractivity contribution in [2.45, 2.75) is 25.9 Å². The average molecular weight is 312 g/mol. The minimum atomic E-state index is -3.14. The predicted octanol–water partition coefficient (Wildman–Crippen LogP) is -0.103. The molecule has 0 saturated carbocycles. The van der Waals surface area contributed by atoms with E-state index in [4.69, 9.17) is 0 Å². The second kappa shape index (κ2) is 5.42. The SMILES string of the molecule is CS(=O)(=O)N1CCC(C(=O)N2CCn3nccc3C2)CC1. The summed E-state index contributed by atoms with van der Waals surface area (Å²) in [6.45, 7) is 2.91. The van der Waals surface area contributed by atoms with Crippen LogP contribution < -0.4 is 0 Å². The van der Waals surface area contributed by atoms with Gasteiger partial charge in [-0.3, -0.25) is 9.48 Å². The number of nitrogens with zero attached hydrogens (tertiary/aromatic N) is 4. The number of aromatic nitrogens is 2. The van der Waals surface area contributed by atoms with Crippen molar-refractivity contribution in [2.75, 3.05) is 25.9 Å². The fraction of sp³-hybridized carbons (Fsp3) is 0.692. The molecule has 116 valence electrons. The first-order valence-electron chi connectivity index (χ1n) is 7.20. The zero-order chi connectivity index (χ0) is 15.0. The molecular weight excluding hydrogens is 292 g/mol. The van der Waals surface area contributed by atoms with Crippen LogP contribution in [-0.4, -0.2) is 59.2 Å². The Morgan fingerprint density at radius 3 is 2.62 bits per heavy atom. The number of carbonyl (C=O) groups excluding carboxylic acids is 1. The molecule has 7 nitrogen and oxygen atoms in total. The maximum absolute atomic E-state index is 12.6. The molecular formula is C13H20N4O3S. The number of rotatable bonds is 2. The highest BCUT2D eigenvalue weighted by atomic mass is 32.2. The lowest BCUT2D eigenvalue weighted by Crippen LogP contribution is -2.46. The van der Waals surface area contributed by atoms with Gasteiger partial charge in [-0.25, -0.2) is 12.7 Å². The van der Waals surface area contributed by atoms with Crippen LogP contribution >= 0.6 is 0 Å². The van der Waals surface area contributed by atoms with E-state index < -0.39 is 10.0 Å². The summed E-state index contributed by atoms with van der Waals surface area (Å²) in [7, 11) is -3.14. The van der Waals surface area contributed by atoms with Crippen LogP contribution in [0.4, 0.5) is 0 Å². The summed E-state index contributed by atoms with van der Waals surface area (Å²) in [6.07, 6.45) is 4.21. The lowest BCUT2D eigenvalue weighted by atomic mass is 9.96. The van der Waals surface area contributed by atoms with Crippen LogP contribution in [0.15, 0.2) is 12.3 Å². The normalized spacial score (nSPS) is 21.3. The molecule has 2 aliphatic rings. The van der Waals surface area contributed by atoms with Gasteiger partial charge in [0.05, 0.1) is 25.0 Å². The van der Waals surface area contributed by atoms with Gasteiger partial charge in [0, 0.05) is 31.7 Å². The molecule has 3 heterocycles. The van der Waals surface area contributed by atoms with E-state index in [1.54, 1.807) is 6.20 Å². The van der Waals surface area contributed by atoms with Gasteiger partial charge in [-0.05, 0) is 18.9 Å². The third kappa shape index (κ3) is 2.96. The van der Waals surface area contributed by atoms with Gasteiger partial charge in [0.1, 0.15) is 0 Å². The van der Waals surface area contributed by atoms with Crippen molar-refractivity contribution in [3.63, 3.8) is 0 Å². The van der Waals surface area contributed by atoms with Crippen LogP contribution in [0, 0.1) is 5.92 Å². The molecule has 0 aromatic carbocycles. The first-order valence-corrected chi connectivity index (χ1v) is 9.04. The van der Waals surface area contributed by atoms with E-state index in [-0.39, 0.29) is 11.8 Å². The summed E-state index contributed by atoms with van der Waals surface area (Å²) in [5.74, 6) is 0.0908. The van der Waals surface area contributed by atoms with Gasteiger partial charge in [0.2, 0.25) is 15.9 Å². The van der Waals surface area contributed by atoms with E-state index in [9.17, 15) is 13.2 Å². The van der Waals surface area contributed by atoms with Crippen LogP contribution in [-0.2, 0) is 27.9 Å². The summed E-state index contributed by atoms with van der Waals surface area (Å²) in [6, 6.07) is 1.94. The quantitative estimate of drug-likeness (QED) is 0.764. The highest BCUT2D eigenvalue weighted by Crippen LogP contribution is 2.23. The Morgan fingerprint density at radius 2 is 1.95 bits per heavy atom. The summed E-state index contributed by atoms with van der Waals surface area (Å²) in [4.78, 5) is 14.4. The topological polar surface area (TPSA) is 75.5 Å². The Morgan fingerprint density at radius 1 is 1.24 bits per heavy atom. The van der Waals surface area contributed by atoms with Gasteiger partial charge >= 0.3 is 0 Å². The van der Waals surface area contributed by atoms with Gasteiger partial charge in [-0.15, -0.1) is 0 Å². The molecule has 1 saturated heterocycles. The molecule has 0 aliphatic carbocycles. The van der Waals surface area contributed by atoms with Crippen molar-refractivity contribution < 1.29 is 13.2 Å². The van der Waals surface area contributed by atoms with E-state index in [0.717, 1.165) is 12.2 Å². The molecule has 1 amide bonds. The lowest BCUT2D eigenvalue weighted by Gasteiger charge is -2.34. The molecule has 0 spiro atoms. The number of piperidine rings is 1. The molecule has 0 radical (unpaired) electrons. The van der Waals surface area contributed by atoms with Crippen molar-refractivity contribution in [2.24, 2.45) is 5.92 Å². The smallest absolute Gasteiger partial charge is 0.226 e. The van der Waals surface area contributed by atoms with E-state index in [1.165, 1.54) is 10.6 Å². The summed E-state index contributed by atoms with van der Waals surface area (Å²) in [5, 5.41) is 4.21. The molecule has 0 atom stereocenters. The first-order chi connectivity index (χ1) is 9.95. The fourth-order valence-electron chi connectivity index (χ4n) is 3.07. The Kier molecular flexibility index (Phi) is 3.75. The molecule has 1 aromatic heterocycles. The van der Waals surface area contributed by atoms with E-state index in [2.05, 4.69) is 5.10 Å². The van der Waals surface area contributed by atoms with Crippen LogP contribution in [0.1, 0.15) is 18.5 Å². The van der Waals surface area contributed by atoms with Gasteiger partial charge in [-0.2, -0.15) is 5.10 Å². The van der Waals surface area contributed by atoms with Crippen molar-refractivity contribution >= 4 is 15.9 Å². The van der Waals surface area contributed by atoms with Gasteiger partial charge in [-0.1, -0.05) is 0 Å². The van der Waals surface area contributed by atoms with Crippen molar-refractivity contribution in [3.05, 3.63) is 18.0 Å². The zero-order valence-corrected chi connectivity index (χ0v) is 12.9. The molecule has 3 rings (SSSR count). The number of hydrogen-bond donors (Lipinski definition) is 0. The largest absolute Gasteiger partial charge is 0.335 e. The van der Waals surface area contributed by atoms with Gasteiger partial charge < -0.3 is 4.90 Å². The number of carbonyl (C=O) groups is 1. The summed E-state index contributed by atoms with van der Waals surface area (Å²) < 4.78 is 26.4. The lowest BCUT2D eigenvalue weighted by molar-refractivity contribution is -0.138. The predicted molar refractivity (Wildman–Crippen MR) is 76.8 cm³/mol. The zero-order valence-electron chi connectivity index (χ0n) is 12.1. The minimum absolute atomic E-state index is 0.0579. The Labute approximate surface area is 124 Å². The summed E-state index contributed by atoms with van der Waals surface area (Å²) >= 11 is 0. The van der Waals surface area contributed by atoms with Gasteiger partial charge in [0.15, 0.2) is 0 Å². The molecule has 2 aliphatic heterocycles. The second-order valence-corrected chi connectivity index (χ2v) is 7.72. The monoisotopic (exact) mass is 312 g/mol. The highest BCUT2D eigenvalue weighted by Gasteiger charge is 2.32. The standard InChI is InChI=1S/C13H20N4O3S/c1-21(19,20)16-6-3-11(4-7-16)13(18)15-8-9-17-12(10-15)2-5-14-17/h2,5,11H,3-4,6-10H2,1H3. The van der Waals surface area contributed by atoms with Crippen LogP contribution in [0.3, 0.4) is 0 Å². The molecule has 0 N–H and O–H groups in total. The average Bonchev–Trinajstić information content (AvgIpc) is 2.93. The number of amides is 1. The minimum Gasteiger partial charge on any atom is -0.335 e. The Hall–Kier alpha value is -1.41. The highest BCUT2D eigenvalue weighted by molar-refractivity contribution is 7.88.